The molecule has 4 nitrogen and oxygen atoms in total. The van der Waals surface area contributed by atoms with Crippen LogP contribution >= 0.6 is 11.6 Å². The molecule has 0 heterocycles. The number of carbonyl (C=O) groups excluding carboxylic acids is 1. The molecule has 92 valence electrons. The highest BCUT2D eigenvalue weighted by Crippen LogP contribution is 2.17. The Labute approximate surface area is 103 Å². The van der Waals surface area contributed by atoms with E-state index in [4.69, 9.17) is 17.0 Å². The largest absolute Gasteiger partial charge is 0.347 e. The summed E-state index contributed by atoms with van der Waals surface area (Å²) in [6.07, 6.45) is 1.39. The summed E-state index contributed by atoms with van der Waals surface area (Å²) < 4.78 is 13.5. The van der Waals surface area contributed by atoms with Gasteiger partial charge in [-0.05, 0) is 6.07 Å². The number of carbonyl (C=O) groups is 1. The summed E-state index contributed by atoms with van der Waals surface area (Å²) in [5.41, 5.74) is 3.92. The fraction of sp³-hybridized carbons (Fsp3) is 0.273. The Morgan fingerprint density at radius 3 is 3.00 bits per heavy atom. The zero-order valence-electron chi connectivity index (χ0n) is 9.17. The van der Waals surface area contributed by atoms with Crippen molar-refractivity contribution in [1.82, 2.24) is 5.32 Å². The number of halogens is 2. The van der Waals surface area contributed by atoms with Gasteiger partial charge in [-0.15, -0.1) is 0 Å². The third-order valence-electron chi connectivity index (χ3n) is 2.26. The first-order valence-electron chi connectivity index (χ1n) is 5.09. The highest BCUT2D eigenvalue weighted by atomic mass is 35.5. The lowest BCUT2D eigenvalue weighted by atomic mass is 10.2. The minimum atomic E-state index is -0.533. The van der Waals surface area contributed by atoms with Gasteiger partial charge in [-0.1, -0.05) is 23.7 Å². The number of hydrogen-bond acceptors (Lipinski definition) is 2. The number of nitrogens with one attached hydrogen (secondary N) is 2. The molecule has 0 aromatic heterocycles. The first-order valence-corrected chi connectivity index (χ1v) is 5.46. The van der Waals surface area contributed by atoms with Crippen LogP contribution in [0.15, 0.2) is 18.2 Å². The zero-order chi connectivity index (χ0) is 12.8. The molecule has 6 heteroatoms. The lowest BCUT2D eigenvalue weighted by Crippen LogP contribution is -2.67. The summed E-state index contributed by atoms with van der Waals surface area (Å²) in [7, 11) is 0. The van der Waals surface area contributed by atoms with E-state index in [0.717, 1.165) is 6.21 Å². The molecule has 1 atom stereocenters. The molecule has 1 aromatic rings. The van der Waals surface area contributed by atoms with Crippen molar-refractivity contribution in [1.29, 1.82) is 5.41 Å². The number of hydrogen-bond donors (Lipinski definition) is 3. The molecular formula is C11H14ClFN3O+. The summed E-state index contributed by atoms with van der Waals surface area (Å²) >= 11 is 5.61. The molecule has 0 saturated heterocycles. The van der Waals surface area contributed by atoms with Crippen LogP contribution in [0.3, 0.4) is 0 Å². The van der Waals surface area contributed by atoms with Crippen molar-refractivity contribution in [3.8, 4) is 0 Å². The second kappa shape index (κ2) is 6.32. The Kier molecular flexibility index (Phi) is 5.06. The van der Waals surface area contributed by atoms with Crippen molar-refractivity contribution in [3.05, 3.63) is 34.6 Å². The van der Waals surface area contributed by atoms with Gasteiger partial charge in [0.05, 0.1) is 5.02 Å². The molecule has 5 N–H and O–H groups in total. The molecular weight excluding hydrogens is 245 g/mol. The normalized spacial score (nSPS) is 11.9. The van der Waals surface area contributed by atoms with E-state index in [1.54, 1.807) is 12.1 Å². The van der Waals surface area contributed by atoms with Gasteiger partial charge in [0.2, 0.25) is 0 Å². The maximum absolute atomic E-state index is 13.5. The van der Waals surface area contributed by atoms with Gasteiger partial charge in [0.25, 0.3) is 5.91 Å². The molecule has 0 fully saturated rings. The maximum atomic E-state index is 13.5. The highest BCUT2D eigenvalue weighted by Gasteiger charge is 2.16. The van der Waals surface area contributed by atoms with Crippen molar-refractivity contribution in [2.75, 3.05) is 0 Å². The van der Waals surface area contributed by atoms with Crippen LogP contribution in [-0.4, -0.2) is 18.2 Å². The van der Waals surface area contributed by atoms with Gasteiger partial charge >= 0.3 is 0 Å². The summed E-state index contributed by atoms with van der Waals surface area (Å²) in [5, 5.41) is 9.44. The number of rotatable bonds is 5. The van der Waals surface area contributed by atoms with Gasteiger partial charge in [-0.2, -0.15) is 0 Å². The summed E-state index contributed by atoms with van der Waals surface area (Å²) in [5.74, 6) is -0.838. The molecule has 0 aliphatic heterocycles. The van der Waals surface area contributed by atoms with E-state index in [0.29, 0.717) is 5.56 Å². The molecule has 0 bridgehead atoms. The number of benzene rings is 1. The minimum Gasteiger partial charge on any atom is -0.347 e. The number of quaternary nitrogens is 1. The van der Waals surface area contributed by atoms with E-state index in [9.17, 15) is 9.18 Å². The van der Waals surface area contributed by atoms with Gasteiger partial charge in [-0.3, -0.25) is 4.79 Å². The van der Waals surface area contributed by atoms with Crippen LogP contribution in [0.4, 0.5) is 4.39 Å². The van der Waals surface area contributed by atoms with Crippen LogP contribution < -0.4 is 11.1 Å². The zero-order valence-corrected chi connectivity index (χ0v) is 9.93. The van der Waals surface area contributed by atoms with E-state index >= 15 is 0 Å². The molecule has 1 rings (SSSR count). The SMILES string of the molecule is N=CC[C@@H]([NH3+])C(=O)NCc1cccc(Cl)c1F. The van der Waals surface area contributed by atoms with Gasteiger partial charge < -0.3 is 16.5 Å². The summed E-state index contributed by atoms with van der Waals surface area (Å²) in [6.45, 7) is 0.0647. The summed E-state index contributed by atoms with van der Waals surface area (Å²) in [4.78, 5) is 11.5. The first-order chi connectivity index (χ1) is 8.06. The van der Waals surface area contributed by atoms with Gasteiger partial charge in [-0.25, -0.2) is 4.39 Å². The van der Waals surface area contributed by atoms with Crippen LogP contribution in [0.1, 0.15) is 12.0 Å². The smallest absolute Gasteiger partial charge is 0.278 e. The molecule has 1 aromatic carbocycles. The average molecular weight is 259 g/mol. The van der Waals surface area contributed by atoms with E-state index in [-0.39, 0.29) is 23.9 Å². The van der Waals surface area contributed by atoms with Gasteiger partial charge in [0.1, 0.15) is 5.82 Å². The van der Waals surface area contributed by atoms with E-state index in [1.165, 1.54) is 6.07 Å². The molecule has 0 radical (unpaired) electrons. The molecule has 0 saturated carbocycles. The Hall–Kier alpha value is -1.46. The van der Waals surface area contributed by atoms with Crippen molar-refractivity contribution >= 4 is 23.7 Å². The second-order valence-corrected chi connectivity index (χ2v) is 3.97. The van der Waals surface area contributed by atoms with Crippen LogP contribution in [0.5, 0.6) is 0 Å². The van der Waals surface area contributed by atoms with Crippen molar-refractivity contribution in [2.45, 2.75) is 19.0 Å². The molecule has 17 heavy (non-hydrogen) atoms. The molecule has 0 aliphatic rings. The molecule has 1 amide bonds. The predicted molar refractivity (Wildman–Crippen MR) is 63.3 cm³/mol. The third kappa shape index (κ3) is 3.80. The average Bonchev–Trinajstić information content (AvgIpc) is 2.31. The predicted octanol–water partition coefficient (Wildman–Crippen LogP) is 0.745. The second-order valence-electron chi connectivity index (χ2n) is 3.57. The van der Waals surface area contributed by atoms with Crippen molar-refractivity contribution < 1.29 is 14.9 Å². The molecule has 0 spiro atoms. The summed E-state index contributed by atoms with van der Waals surface area (Å²) in [6, 6.07) is 4.08. The van der Waals surface area contributed by atoms with E-state index < -0.39 is 11.9 Å². The highest BCUT2D eigenvalue weighted by molar-refractivity contribution is 6.30. The lowest BCUT2D eigenvalue weighted by molar-refractivity contribution is -0.401. The standard InChI is InChI=1S/C11H13ClFN3O/c12-8-3-1-2-7(10(8)13)6-16-11(17)9(15)4-5-14/h1-3,5,9,14H,4,6,15H2,(H,16,17)/p+1/t9-/m1/s1. The Bertz CT molecular complexity index is 425. The van der Waals surface area contributed by atoms with Crippen LogP contribution in [0.2, 0.25) is 5.02 Å². The van der Waals surface area contributed by atoms with Crippen molar-refractivity contribution in [2.24, 2.45) is 0 Å². The molecule has 0 aliphatic carbocycles. The Morgan fingerprint density at radius 1 is 1.65 bits per heavy atom. The lowest BCUT2D eigenvalue weighted by Gasteiger charge is -2.08. The monoisotopic (exact) mass is 258 g/mol. The van der Waals surface area contributed by atoms with Crippen LogP contribution in [-0.2, 0) is 11.3 Å². The fourth-order valence-corrected chi connectivity index (χ4v) is 1.46. The number of amides is 1. The quantitative estimate of drug-likeness (QED) is 0.669. The first kappa shape index (κ1) is 13.6. The van der Waals surface area contributed by atoms with Gasteiger partial charge in [0.15, 0.2) is 6.04 Å². The molecule has 0 unspecified atom stereocenters. The van der Waals surface area contributed by atoms with E-state index in [1.807, 2.05) is 0 Å². The Balaban J connectivity index is 2.58. The topological polar surface area (TPSA) is 80.6 Å². The Morgan fingerprint density at radius 2 is 2.35 bits per heavy atom. The maximum Gasteiger partial charge on any atom is 0.278 e. The fourth-order valence-electron chi connectivity index (χ4n) is 1.26. The third-order valence-corrected chi connectivity index (χ3v) is 2.55. The van der Waals surface area contributed by atoms with Crippen LogP contribution in [0.25, 0.3) is 0 Å². The van der Waals surface area contributed by atoms with Crippen LogP contribution in [0, 0.1) is 11.2 Å². The van der Waals surface area contributed by atoms with Gasteiger partial charge in [0, 0.05) is 24.7 Å². The van der Waals surface area contributed by atoms with E-state index in [2.05, 4.69) is 11.1 Å². The van der Waals surface area contributed by atoms with Crippen molar-refractivity contribution in [3.63, 3.8) is 0 Å². The minimum absolute atomic E-state index is 0.0300.